The summed E-state index contributed by atoms with van der Waals surface area (Å²) in [5, 5.41) is 11.0. The molecular formula is C18H17ClO2. The molecular weight excluding hydrogens is 284 g/mol. The number of benzene rings is 2. The molecule has 0 saturated heterocycles. The van der Waals surface area contributed by atoms with Gasteiger partial charge in [-0.15, -0.1) is 0 Å². The third-order valence-electron chi connectivity index (χ3n) is 4.37. The molecule has 2 aromatic carbocycles. The van der Waals surface area contributed by atoms with Crippen LogP contribution in [0.1, 0.15) is 54.1 Å². The molecule has 21 heavy (non-hydrogen) atoms. The maximum Gasteiger partial charge on any atom is 0.127 e. The Balaban J connectivity index is 1.65. The van der Waals surface area contributed by atoms with Crippen LogP contribution in [0.5, 0.6) is 5.75 Å². The Hall–Kier alpha value is -1.51. The monoisotopic (exact) mass is 300 g/mol. The van der Waals surface area contributed by atoms with Crippen LogP contribution in [0, 0.1) is 0 Å². The zero-order valence-corrected chi connectivity index (χ0v) is 12.4. The molecule has 1 heterocycles. The van der Waals surface area contributed by atoms with Crippen molar-refractivity contribution in [1.82, 2.24) is 0 Å². The van der Waals surface area contributed by atoms with Crippen LogP contribution in [-0.2, 0) is 0 Å². The van der Waals surface area contributed by atoms with Gasteiger partial charge in [0.1, 0.15) is 11.9 Å². The van der Waals surface area contributed by atoms with E-state index >= 15 is 0 Å². The zero-order chi connectivity index (χ0) is 14.4. The van der Waals surface area contributed by atoms with Crippen LogP contribution in [0.25, 0.3) is 0 Å². The van der Waals surface area contributed by atoms with E-state index in [1.54, 1.807) is 12.1 Å². The predicted octanol–water partition coefficient (Wildman–Crippen LogP) is 4.77. The highest BCUT2D eigenvalue weighted by molar-refractivity contribution is 6.30. The highest BCUT2D eigenvalue weighted by Gasteiger charge is 2.29. The van der Waals surface area contributed by atoms with E-state index in [1.165, 1.54) is 18.4 Å². The molecule has 0 bridgehead atoms. The molecule has 1 aliphatic carbocycles. The quantitative estimate of drug-likeness (QED) is 0.865. The minimum absolute atomic E-state index is 0.0904. The van der Waals surface area contributed by atoms with Crippen LogP contribution in [0.3, 0.4) is 0 Å². The average Bonchev–Trinajstić information content (AvgIpc) is 3.33. The largest absolute Gasteiger partial charge is 0.485 e. The van der Waals surface area contributed by atoms with Gasteiger partial charge >= 0.3 is 0 Å². The summed E-state index contributed by atoms with van der Waals surface area (Å²) >= 11 is 5.99. The lowest BCUT2D eigenvalue weighted by Gasteiger charge is -2.30. The molecule has 0 radical (unpaired) electrons. The van der Waals surface area contributed by atoms with E-state index in [2.05, 4.69) is 24.3 Å². The van der Waals surface area contributed by atoms with Gasteiger partial charge in [0.15, 0.2) is 0 Å². The van der Waals surface area contributed by atoms with Gasteiger partial charge in [0.25, 0.3) is 0 Å². The summed E-state index contributed by atoms with van der Waals surface area (Å²) in [5.74, 6) is 1.46. The predicted molar refractivity (Wildman–Crippen MR) is 82.8 cm³/mol. The van der Waals surface area contributed by atoms with Crippen LogP contribution in [0.15, 0.2) is 42.5 Å². The first-order valence-corrected chi connectivity index (χ1v) is 7.82. The first-order chi connectivity index (χ1) is 10.2. The van der Waals surface area contributed by atoms with E-state index < -0.39 is 6.10 Å². The van der Waals surface area contributed by atoms with E-state index in [0.29, 0.717) is 11.4 Å². The lowest BCUT2D eigenvalue weighted by atomic mass is 9.94. The number of hydrogen-bond donors (Lipinski definition) is 1. The van der Waals surface area contributed by atoms with Crippen LogP contribution < -0.4 is 4.74 Å². The van der Waals surface area contributed by atoms with Crippen molar-refractivity contribution < 1.29 is 9.84 Å². The number of aliphatic hydroxyl groups excluding tert-OH is 1. The van der Waals surface area contributed by atoms with E-state index in [1.807, 2.05) is 6.07 Å². The third-order valence-corrected chi connectivity index (χ3v) is 4.60. The van der Waals surface area contributed by atoms with Gasteiger partial charge in [-0.25, -0.2) is 0 Å². The van der Waals surface area contributed by atoms with Crippen molar-refractivity contribution in [2.75, 3.05) is 0 Å². The Morgan fingerprint density at radius 1 is 1.05 bits per heavy atom. The molecule has 1 aliphatic heterocycles. The molecule has 1 saturated carbocycles. The van der Waals surface area contributed by atoms with Gasteiger partial charge in [-0.3, -0.25) is 0 Å². The van der Waals surface area contributed by atoms with Crippen LogP contribution in [0.4, 0.5) is 0 Å². The van der Waals surface area contributed by atoms with Crippen molar-refractivity contribution in [2.45, 2.75) is 37.4 Å². The number of aliphatic hydroxyl groups is 1. The van der Waals surface area contributed by atoms with Gasteiger partial charge in [-0.1, -0.05) is 35.9 Å². The van der Waals surface area contributed by atoms with E-state index in [0.717, 1.165) is 22.8 Å². The molecule has 1 fully saturated rings. The lowest BCUT2D eigenvalue weighted by Crippen LogP contribution is -2.19. The number of hydrogen-bond acceptors (Lipinski definition) is 2. The topological polar surface area (TPSA) is 29.5 Å². The van der Waals surface area contributed by atoms with Crippen molar-refractivity contribution in [1.29, 1.82) is 0 Å². The van der Waals surface area contributed by atoms with Crippen molar-refractivity contribution in [3.8, 4) is 5.75 Å². The standard InChI is InChI=1S/C18H17ClO2/c19-14-6-7-17-15(9-14)16(20)10-18(21-17)13-3-1-2-12(8-13)11-4-5-11/h1-3,6-9,11,16,18,20H,4-5,10H2. The normalized spacial score (nSPS) is 24.3. The van der Waals surface area contributed by atoms with Crippen molar-refractivity contribution in [2.24, 2.45) is 0 Å². The average molecular weight is 301 g/mol. The van der Waals surface area contributed by atoms with Crippen LogP contribution in [0.2, 0.25) is 5.02 Å². The SMILES string of the molecule is OC1CC(c2cccc(C3CC3)c2)Oc2ccc(Cl)cc21. The second-order valence-corrected chi connectivity index (χ2v) is 6.42. The van der Waals surface area contributed by atoms with Gasteiger partial charge < -0.3 is 9.84 Å². The van der Waals surface area contributed by atoms with E-state index in [4.69, 9.17) is 16.3 Å². The summed E-state index contributed by atoms with van der Waals surface area (Å²) < 4.78 is 6.08. The summed E-state index contributed by atoms with van der Waals surface area (Å²) in [4.78, 5) is 0. The highest BCUT2D eigenvalue weighted by atomic mass is 35.5. The van der Waals surface area contributed by atoms with Crippen molar-refractivity contribution >= 4 is 11.6 Å². The van der Waals surface area contributed by atoms with Gasteiger partial charge in [0, 0.05) is 17.0 Å². The molecule has 4 rings (SSSR count). The molecule has 2 nitrogen and oxygen atoms in total. The van der Waals surface area contributed by atoms with Gasteiger partial charge in [0.2, 0.25) is 0 Å². The summed E-state index contributed by atoms with van der Waals surface area (Å²) in [6, 6.07) is 14.0. The molecule has 0 aromatic heterocycles. The van der Waals surface area contributed by atoms with Gasteiger partial charge in [0.05, 0.1) is 6.10 Å². The Bertz CT molecular complexity index is 679. The van der Waals surface area contributed by atoms with Crippen molar-refractivity contribution in [3.63, 3.8) is 0 Å². The Morgan fingerprint density at radius 2 is 1.86 bits per heavy atom. The van der Waals surface area contributed by atoms with Crippen LogP contribution in [-0.4, -0.2) is 5.11 Å². The second-order valence-electron chi connectivity index (χ2n) is 5.98. The maximum absolute atomic E-state index is 10.4. The number of fused-ring (bicyclic) bond motifs is 1. The molecule has 108 valence electrons. The third kappa shape index (κ3) is 2.54. The Morgan fingerprint density at radius 3 is 2.67 bits per heavy atom. The van der Waals surface area contributed by atoms with Gasteiger partial charge in [-0.2, -0.15) is 0 Å². The molecule has 2 aromatic rings. The second kappa shape index (κ2) is 5.04. The fourth-order valence-electron chi connectivity index (χ4n) is 3.05. The molecule has 2 atom stereocenters. The lowest BCUT2D eigenvalue weighted by molar-refractivity contribution is 0.0657. The summed E-state index contributed by atoms with van der Waals surface area (Å²) in [7, 11) is 0. The fraction of sp³-hybridized carbons (Fsp3) is 0.333. The minimum Gasteiger partial charge on any atom is -0.485 e. The Labute approximate surface area is 129 Å². The first-order valence-electron chi connectivity index (χ1n) is 7.45. The minimum atomic E-state index is -0.526. The van der Waals surface area contributed by atoms with Gasteiger partial charge in [-0.05, 0) is 48.1 Å². The highest BCUT2D eigenvalue weighted by Crippen LogP contribution is 2.44. The van der Waals surface area contributed by atoms with E-state index in [9.17, 15) is 5.11 Å². The summed E-state index contributed by atoms with van der Waals surface area (Å²) in [6.45, 7) is 0. The first kappa shape index (κ1) is 13.2. The fourth-order valence-corrected chi connectivity index (χ4v) is 3.23. The molecule has 2 unspecified atom stereocenters. The molecule has 0 amide bonds. The molecule has 0 spiro atoms. The molecule has 2 aliphatic rings. The number of halogens is 1. The zero-order valence-electron chi connectivity index (χ0n) is 11.6. The van der Waals surface area contributed by atoms with Crippen LogP contribution >= 0.6 is 11.6 Å². The molecule has 3 heteroatoms. The number of rotatable bonds is 2. The van der Waals surface area contributed by atoms with E-state index in [-0.39, 0.29) is 6.10 Å². The Kier molecular flexibility index (Phi) is 3.16. The summed E-state index contributed by atoms with van der Waals surface area (Å²) in [5.41, 5.74) is 3.34. The smallest absolute Gasteiger partial charge is 0.127 e. The maximum atomic E-state index is 10.4. The number of ether oxygens (including phenoxy) is 1. The molecule has 1 N–H and O–H groups in total. The summed E-state index contributed by atoms with van der Waals surface area (Å²) in [6.07, 6.45) is 2.54. The van der Waals surface area contributed by atoms with Crippen molar-refractivity contribution in [3.05, 3.63) is 64.2 Å².